The first-order valence-corrected chi connectivity index (χ1v) is 9.01. The van der Waals surface area contributed by atoms with Crippen LogP contribution in [0.2, 0.25) is 5.02 Å². The fourth-order valence-corrected chi connectivity index (χ4v) is 2.78. The number of benzene rings is 1. The van der Waals surface area contributed by atoms with Gasteiger partial charge in [0.15, 0.2) is 5.96 Å². The summed E-state index contributed by atoms with van der Waals surface area (Å²) in [6.07, 6.45) is 1.02. The van der Waals surface area contributed by atoms with Gasteiger partial charge in [-0.25, -0.2) is 4.99 Å². The molecule has 1 saturated heterocycles. The van der Waals surface area contributed by atoms with E-state index in [4.69, 9.17) is 11.6 Å². The Bertz CT molecular complexity index is 600. The molecule has 1 heterocycles. The molecule has 0 bridgehead atoms. The van der Waals surface area contributed by atoms with Crippen LogP contribution in [-0.2, 0) is 4.79 Å². The van der Waals surface area contributed by atoms with E-state index in [2.05, 4.69) is 34.4 Å². The Hall–Kier alpha value is -1.95. The lowest BCUT2D eigenvalue weighted by Crippen LogP contribution is -2.47. The van der Waals surface area contributed by atoms with Crippen LogP contribution in [0.3, 0.4) is 0 Å². The maximum absolute atomic E-state index is 11.8. The van der Waals surface area contributed by atoms with Gasteiger partial charge in [-0.05, 0) is 44.5 Å². The minimum atomic E-state index is -0.0148. The summed E-state index contributed by atoms with van der Waals surface area (Å²) < 4.78 is 0. The van der Waals surface area contributed by atoms with Gasteiger partial charge >= 0.3 is 0 Å². The van der Waals surface area contributed by atoms with E-state index in [-0.39, 0.29) is 24.5 Å². The fourth-order valence-electron chi connectivity index (χ4n) is 2.65. The topological polar surface area (TPSA) is 60.0 Å². The van der Waals surface area contributed by atoms with Crippen molar-refractivity contribution < 1.29 is 4.79 Å². The zero-order valence-electron chi connectivity index (χ0n) is 15.4. The van der Waals surface area contributed by atoms with Gasteiger partial charge in [0.2, 0.25) is 5.91 Å². The highest BCUT2D eigenvalue weighted by Gasteiger charge is 2.23. The maximum atomic E-state index is 11.8. The van der Waals surface area contributed by atoms with Crippen molar-refractivity contribution in [2.75, 3.05) is 38.6 Å². The summed E-state index contributed by atoms with van der Waals surface area (Å²) in [5, 5.41) is 7.50. The van der Waals surface area contributed by atoms with Crippen molar-refractivity contribution in [3.63, 3.8) is 0 Å². The van der Waals surface area contributed by atoms with Gasteiger partial charge in [0.25, 0.3) is 0 Å². The molecule has 1 fully saturated rings. The predicted octanol–water partition coefficient (Wildman–Crippen LogP) is 1.95. The van der Waals surface area contributed by atoms with Gasteiger partial charge in [-0.1, -0.05) is 11.6 Å². The lowest BCUT2D eigenvalue weighted by atomic mass is 10.2. The number of likely N-dealkylation sites (N-methyl/N-ethyl adjacent to an activating group) is 1. The van der Waals surface area contributed by atoms with Crippen LogP contribution >= 0.6 is 11.6 Å². The second-order valence-corrected chi connectivity index (χ2v) is 7.24. The van der Waals surface area contributed by atoms with Crippen molar-refractivity contribution in [3.05, 3.63) is 29.3 Å². The second-order valence-electron chi connectivity index (χ2n) is 6.80. The molecule has 7 heteroatoms. The highest BCUT2D eigenvalue weighted by Crippen LogP contribution is 2.22. The van der Waals surface area contributed by atoms with Crippen LogP contribution in [0.1, 0.15) is 20.3 Å². The smallest absolute Gasteiger partial charge is 0.243 e. The summed E-state index contributed by atoms with van der Waals surface area (Å²) in [7, 11) is 3.48. The summed E-state index contributed by atoms with van der Waals surface area (Å²) in [5.74, 6) is 0.673. The van der Waals surface area contributed by atoms with Gasteiger partial charge in [-0.3, -0.25) is 4.79 Å². The normalized spacial score (nSPS) is 17.8. The van der Waals surface area contributed by atoms with Gasteiger partial charge in [0.05, 0.1) is 0 Å². The monoisotopic (exact) mass is 365 g/mol. The summed E-state index contributed by atoms with van der Waals surface area (Å²) in [6, 6.07) is 8.45. The van der Waals surface area contributed by atoms with Crippen LogP contribution in [0.15, 0.2) is 29.3 Å². The highest BCUT2D eigenvalue weighted by atomic mass is 35.5. The highest BCUT2D eigenvalue weighted by molar-refractivity contribution is 6.30. The molecule has 138 valence electrons. The number of hydrogen-bond donors (Lipinski definition) is 2. The summed E-state index contributed by atoms with van der Waals surface area (Å²) in [5.41, 5.74) is 1.17. The third-order valence-electron chi connectivity index (χ3n) is 4.02. The summed E-state index contributed by atoms with van der Waals surface area (Å²) >= 11 is 5.96. The van der Waals surface area contributed by atoms with E-state index >= 15 is 0 Å². The maximum Gasteiger partial charge on any atom is 0.243 e. The first-order valence-electron chi connectivity index (χ1n) is 8.63. The molecule has 25 heavy (non-hydrogen) atoms. The standard InChI is InChI=1S/C18H28ClN5O/c1-13(2)21-18(20-11-17(25)23(3)4)22-15-9-10-24(12-15)16-7-5-14(19)6-8-16/h5-8,13,15H,9-12H2,1-4H3,(H2,20,21,22). The molecule has 0 aromatic heterocycles. The molecule has 1 unspecified atom stereocenters. The third-order valence-corrected chi connectivity index (χ3v) is 4.27. The Labute approximate surface area is 155 Å². The minimum absolute atomic E-state index is 0.0148. The van der Waals surface area contributed by atoms with Crippen molar-refractivity contribution >= 4 is 29.2 Å². The zero-order chi connectivity index (χ0) is 18.4. The number of halogens is 1. The molecule has 0 spiro atoms. The predicted molar refractivity (Wildman–Crippen MR) is 104 cm³/mol. The third kappa shape index (κ3) is 6.12. The molecular formula is C18H28ClN5O. The molecule has 1 aromatic rings. The SMILES string of the molecule is CC(C)NC(=NCC(=O)N(C)C)NC1CCN(c2ccc(Cl)cc2)C1. The van der Waals surface area contributed by atoms with Gasteiger partial charge in [-0.15, -0.1) is 0 Å². The first kappa shape index (κ1) is 19.4. The van der Waals surface area contributed by atoms with Crippen molar-refractivity contribution in [3.8, 4) is 0 Å². The number of hydrogen-bond acceptors (Lipinski definition) is 3. The van der Waals surface area contributed by atoms with Gasteiger partial charge in [0.1, 0.15) is 6.54 Å². The number of anilines is 1. The molecule has 6 nitrogen and oxygen atoms in total. The molecule has 1 aromatic carbocycles. The number of amides is 1. The summed E-state index contributed by atoms with van der Waals surface area (Å²) in [6.45, 7) is 6.12. The van der Waals surface area contributed by atoms with E-state index < -0.39 is 0 Å². The largest absolute Gasteiger partial charge is 0.369 e. The molecule has 2 N–H and O–H groups in total. The summed E-state index contributed by atoms with van der Waals surface area (Å²) in [4.78, 5) is 20.1. The average Bonchev–Trinajstić information content (AvgIpc) is 3.00. The minimum Gasteiger partial charge on any atom is -0.369 e. The van der Waals surface area contributed by atoms with Gasteiger partial charge in [0, 0.05) is 50.0 Å². The Morgan fingerprint density at radius 2 is 2.04 bits per heavy atom. The number of carbonyl (C=O) groups is 1. The van der Waals surface area contributed by atoms with Crippen molar-refractivity contribution in [2.24, 2.45) is 4.99 Å². The zero-order valence-corrected chi connectivity index (χ0v) is 16.2. The van der Waals surface area contributed by atoms with Crippen molar-refractivity contribution in [1.82, 2.24) is 15.5 Å². The lowest BCUT2D eigenvalue weighted by molar-refractivity contribution is -0.127. The van der Waals surface area contributed by atoms with Crippen molar-refractivity contribution in [1.29, 1.82) is 0 Å². The molecule has 1 amide bonds. The van der Waals surface area contributed by atoms with Crippen LogP contribution in [0.25, 0.3) is 0 Å². The number of aliphatic imine (C=N–C) groups is 1. The van der Waals surface area contributed by atoms with Crippen molar-refractivity contribution in [2.45, 2.75) is 32.4 Å². The lowest BCUT2D eigenvalue weighted by Gasteiger charge is -2.21. The number of carbonyl (C=O) groups excluding carboxylic acids is 1. The molecule has 1 aliphatic heterocycles. The van der Waals surface area contributed by atoms with E-state index in [0.717, 1.165) is 24.5 Å². The van der Waals surface area contributed by atoms with Gasteiger partial charge < -0.3 is 20.4 Å². The second kappa shape index (κ2) is 8.94. The average molecular weight is 366 g/mol. The van der Waals surface area contributed by atoms with Crippen LogP contribution in [0, 0.1) is 0 Å². The molecule has 1 aliphatic rings. The van der Waals surface area contributed by atoms with E-state index in [0.29, 0.717) is 5.96 Å². The molecule has 1 atom stereocenters. The van der Waals surface area contributed by atoms with Crippen LogP contribution in [-0.4, -0.2) is 62.6 Å². The van der Waals surface area contributed by atoms with Crippen LogP contribution < -0.4 is 15.5 Å². The number of nitrogens with one attached hydrogen (secondary N) is 2. The van der Waals surface area contributed by atoms with E-state index in [1.807, 2.05) is 24.3 Å². The van der Waals surface area contributed by atoms with E-state index in [9.17, 15) is 4.79 Å². The number of nitrogens with zero attached hydrogens (tertiary/aromatic N) is 3. The molecular weight excluding hydrogens is 338 g/mol. The van der Waals surface area contributed by atoms with Crippen LogP contribution in [0.4, 0.5) is 5.69 Å². The quantitative estimate of drug-likeness (QED) is 0.618. The van der Waals surface area contributed by atoms with E-state index in [1.54, 1.807) is 19.0 Å². The number of rotatable bonds is 5. The van der Waals surface area contributed by atoms with Crippen LogP contribution in [0.5, 0.6) is 0 Å². The molecule has 0 radical (unpaired) electrons. The first-order chi connectivity index (χ1) is 11.8. The Balaban J connectivity index is 1.95. The fraction of sp³-hybridized carbons (Fsp3) is 0.556. The van der Waals surface area contributed by atoms with E-state index in [1.165, 1.54) is 5.69 Å². The molecule has 0 saturated carbocycles. The molecule has 0 aliphatic carbocycles. The molecule has 2 rings (SSSR count). The Morgan fingerprint density at radius 1 is 1.36 bits per heavy atom. The Kier molecular flexibility index (Phi) is 6.93. The van der Waals surface area contributed by atoms with Gasteiger partial charge in [-0.2, -0.15) is 0 Å². The Morgan fingerprint density at radius 3 is 2.64 bits per heavy atom. The number of guanidine groups is 1.